The highest BCUT2D eigenvalue weighted by Crippen LogP contribution is 2.32. The summed E-state index contributed by atoms with van der Waals surface area (Å²) in [6.07, 6.45) is 1.52. The van der Waals surface area contributed by atoms with Crippen molar-refractivity contribution in [2.45, 2.75) is 26.3 Å². The van der Waals surface area contributed by atoms with Crippen LogP contribution in [0.1, 0.15) is 25.3 Å². The highest BCUT2D eigenvalue weighted by molar-refractivity contribution is 7.89. The molecule has 0 bridgehead atoms. The zero-order chi connectivity index (χ0) is 15.1. The molecule has 1 aromatic carbocycles. The van der Waals surface area contributed by atoms with Crippen molar-refractivity contribution in [2.75, 3.05) is 25.6 Å². The Morgan fingerprint density at radius 2 is 2.00 bits per heavy atom. The van der Waals surface area contributed by atoms with Crippen LogP contribution in [0.5, 0.6) is 11.5 Å². The molecular weight excluding hydrogens is 292 g/mol. The van der Waals surface area contributed by atoms with Gasteiger partial charge in [-0.2, -0.15) is 0 Å². The van der Waals surface area contributed by atoms with E-state index in [0.29, 0.717) is 17.9 Å². The quantitative estimate of drug-likeness (QED) is 0.670. The summed E-state index contributed by atoms with van der Waals surface area (Å²) in [5, 5.41) is 3.18. The SMILES string of the molecule is CCNCCCCS(=O)(=O)NCc1ccc2c(c1)OCO2. The van der Waals surface area contributed by atoms with Gasteiger partial charge in [0.15, 0.2) is 11.5 Å². The molecule has 0 amide bonds. The molecule has 0 radical (unpaired) electrons. The lowest BCUT2D eigenvalue weighted by Gasteiger charge is -2.07. The van der Waals surface area contributed by atoms with Crippen molar-refractivity contribution in [2.24, 2.45) is 0 Å². The van der Waals surface area contributed by atoms with Crippen molar-refractivity contribution in [3.05, 3.63) is 23.8 Å². The van der Waals surface area contributed by atoms with E-state index in [-0.39, 0.29) is 19.1 Å². The van der Waals surface area contributed by atoms with Crippen molar-refractivity contribution in [3.8, 4) is 11.5 Å². The van der Waals surface area contributed by atoms with E-state index in [0.717, 1.165) is 25.1 Å². The monoisotopic (exact) mass is 314 g/mol. The molecule has 21 heavy (non-hydrogen) atoms. The number of hydrogen-bond acceptors (Lipinski definition) is 5. The van der Waals surface area contributed by atoms with Crippen LogP contribution in [0, 0.1) is 0 Å². The van der Waals surface area contributed by atoms with Crippen LogP contribution >= 0.6 is 0 Å². The van der Waals surface area contributed by atoms with Crippen molar-refractivity contribution in [1.82, 2.24) is 10.0 Å². The molecule has 0 unspecified atom stereocenters. The fourth-order valence-electron chi connectivity index (χ4n) is 2.04. The van der Waals surface area contributed by atoms with Gasteiger partial charge in [-0.05, 0) is 43.6 Å². The number of unbranched alkanes of at least 4 members (excludes halogenated alkanes) is 1. The molecule has 0 saturated heterocycles. The zero-order valence-corrected chi connectivity index (χ0v) is 13.0. The van der Waals surface area contributed by atoms with Gasteiger partial charge in [0.05, 0.1) is 5.75 Å². The van der Waals surface area contributed by atoms with Crippen LogP contribution in [0.2, 0.25) is 0 Å². The number of fused-ring (bicyclic) bond motifs is 1. The molecule has 2 rings (SSSR count). The Labute approximate surface area is 125 Å². The second-order valence-corrected chi connectivity index (χ2v) is 6.81. The van der Waals surface area contributed by atoms with Gasteiger partial charge in [0.25, 0.3) is 0 Å². The Balaban J connectivity index is 1.76. The zero-order valence-electron chi connectivity index (χ0n) is 12.2. The molecule has 0 saturated carbocycles. The normalized spacial score (nSPS) is 13.6. The maximum Gasteiger partial charge on any atom is 0.231 e. The summed E-state index contributed by atoms with van der Waals surface area (Å²) in [7, 11) is -3.23. The van der Waals surface area contributed by atoms with E-state index < -0.39 is 10.0 Å². The lowest BCUT2D eigenvalue weighted by Crippen LogP contribution is -2.26. The van der Waals surface area contributed by atoms with Gasteiger partial charge in [-0.3, -0.25) is 0 Å². The highest BCUT2D eigenvalue weighted by Gasteiger charge is 2.14. The molecule has 1 aliphatic heterocycles. The minimum absolute atomic E-state index is 0.156. The van der Waals surface area contributed by atoms with Gasteiger partial charge in [-0.15, -0.1) is 0 Å². The van der Waals surface area contributed by atoms with E-state index in [1.807, 2.05) is 13.0 Å². The lowest BCUT2D eigenvalue weighted by atomic mass is 10.2. The summed E-state index contributed by atoms with van der Waals surface area (Å²) >= 11 is 0. The number of hydrogen-bond donors (Lipinski definition) is 2. The van der Waals surface area contributed by atoms with E-state index in [1.54, 1.807) is 12.1 Å². The highest BCUT2D eigenvalue weighted by atomic mass is 32.2. The molecule has 0 aromatic heterocycles. The smallest absolute Gasteiger partial charge is 0.231 e. The van der Waals surface area contributed by atoms with Gasteiger partial charge in [0.2, 0.25) is 16.8 Å². The third-order valence-electron chi connectivity index (χ3n) is 3.20. The van der Waals surface area contributed by atoms with Crippen LogP contribution < -0.4 is 19.5 Å². The van der Waals surface area contributed by atoms with Crippen molar-refractivity contribution >= 4 is 10.0 Å². The molecule has 1 aliphatic rings. The van der Waals surface area contributed by atoms with E-state index in [4.69, 9.17) is 9.47 Å². The maximum atomic E-state index is 11.9. The third kappa shape index (κ3) is 5.18. The largest absolute Gasteiger partial charge is 0.454 e. The Morgan fingerprint density at radius 3 is 2.81 bits per heavy atom. The standard InChI is InChI=1S/C14H22N2O4S/c1-2-15-7-3-4-8-21(17,18)16-10-12-5-6-13-14(9-12)20-11-19-13/h5-6,9,15-16H,2-4,7-8,10-11H2,1H3. The summed E-state index contributed by atoms with van der Waals surface area (Å²) in [6.45, 7) is 4.29. The first kappa shape index (κ1) is 16.1. The summed E-state index contributed by atoms with van der Waals surface area (Å²) in [6, 6.07) is 5.43. The fourth-order valence-corrected chi connectivity index (χ4v) is 3.15. The summed E-state index contributed by atoms with van der Waals surface area (Å²) in [4.78, 5) is 0. The summed E-state index contributed by atoms with van der Waals surface area (Å²) < 4.78 is 36.9. The summed E-state index contributed by atoms with van der Waals surface area (Å²) in [5.74, 6) is 1.52. The van der Waals surface area contributed by atoms with Crippen LogP contribution in [0.3, 0.4) is 0 Å². The van der Waals surface area contributed by atoms with Gasteiger partial charge in [-0.1, -0.05) is 13.0 Å². The van der Waals surface area contributed by atoms with Gasteiger partial charge in [0, 0.05) is 6.54 Å². The number of sulfonamides is 1. The van der Waals surface area contributed by atoms with E-state index in [1.165, 1.54) is 0 Å². The first-order valence-corrected chi connectivity index (χ1v) is 8.82. The molecule has 6 nitrogen and oxygen atoms in total. The number of rotatable bonds is 9. The van der Waals surface area contributed by atoms with Crippen LogP contribution in [0.15, 0.2) is 18.2 Å². The van der Waals surface area contributed by atoms with Gasteiger partial charge >= 0.3 is 0 Å². The van der Waals surface area contributed by atoms with Gasteiger partial charge in [0.1, 0.15) is 0 Å². The van der Waals surface area contributed by atoms with E-state index in [9.17, 15) is 8.42 Å². The van der Waals surface area contributed by atoms with Crippen molar-refractivity contribution in [1.29, 1.82) is 0 Å². The van der Waals surface area contributed by atoms with E-state index in [2.05, 4.69) is 10.0 Å². The molecule has 7 heteroatoms. The molecule has 2 N–H and O–H groups in total. The van der Waals surface area contributed by atoms with Crippen LogP contribution in [-0.4, -0.2) is 34.1 Å². The van der Waals surface area contributed by atoms with Crippen molar-refractivity contribution in [3.63, 3.8) is 0 Å². The van der Waals surface area contributed by atoms with Gasteiger partial charge in [-0.25, -0.2) is 13.1 Å². The average Bonchev–Trinajstić information content (AvgIpc) is 2.92. The molecule has 0 aliphatic carbocycles. The van der Waals surface area contributed by atoms with Crippen LogP contribution in [0.4, 0.5) is 0 Å². The lowest BCUT2D eigenvalue weighted by molar-refractivity contribution is 0.174. The summed E-state index contributed by atoms with van der Waals surface area (Å²) in [5.41, 5.74) is 0.857. The minimum Gasteiger partial charge on any atom is -0.454 e. The van der Waals surface area contributed by atoms with Crippen LogP contribution in [0.25, 0.3) is 0 Å². The molecule has 0 atom stereocenters. The topological polar surface area (TPSA) is 76.7 Å². The molecule has 0 fully saturated rings. The van der Waals surface area contributed by atoms with Crippen LogP contribution in [-0.2, 0) is 16.6 Å². The predicted molar refractivity (Wildman–Crippen MR) is 81.0 cm³/mol. The second kappa shape index (κ2) is 7.63. The molecule has 0 spiro atoms. The number of benzene rings is 1. The van der Waals surface area contributed by atoms with E-state index >= 15 is 0 Å². The third-order valence-corrected chi connectivity index (χ3v) is 4.61. The molecule has 1 aromatic rings. The minimum atomic E-state index is -3.23. The average molecular weight is 314 g/mol. The second-order valence-electron chi connectivity index (χ2n) is 4.89. The Kier molecular flexibility index (Phi) is 5.84. The number of nitrogens with one attached hydrogen (secondary N) is 2. The predicted octanol–water partition coefficient (Wildman–Crippen LogP) is 1.22. The first-order chi connectivity index (χ1) is 10.1. The maximum absolute atomic E-state index is 11.9. The van der Waals surface area contributed by atoms with Crippen molar-refractivity contribution < 1.29 is 17.9 Å². The molecule has 1 heterocycles. The Morgan fingerprint density at radius 1 is 1.19 bits per heavy atom. The Bertz CT molecular complexity index is 560. The first-order valence-electron chi connectivity index (χ1n) is 7.17. The number of ether oxygens (including phenoxy) is 2. The molecule has 118 valence electrons. The fraction of sp³-hybridized carbons (Fsp3) is 0.571. The molecular formula is C14H22N2O4S. The van der Waals surface area contributed by atoms with Gasteiger partial charge < -0.3 is 14.8 Å². The Hall–Kier alpha value is -1.31.